The molecule has 0 spiro atoms. The van der Waals surface area contributed by atoms with E-state index in [2.05, 4.69) is 40.2 Å². The number of benzene rings is 1. The summed E-state index contributed by atoms with van der Waals surface area (Å²) in [6.45, 7) is 4.92. The van der Waals surface area contributed by atoms with Crippen molar-refractivity contribution in [2.24, 2.45) is 7.05 Å². The van der Waals surface area contributed by atoms with Crippen molar-refractivity contribution in [2.45, 2.75) is 32.9 Å². The van der Waals surface area contributed by atoms with Crippen molar-refractivity contribution < 1.29 is 4.39 Å². The van der Waals surface area contributed by atoms with Crippen LogP contribution in [0, 0.1) is 5.82 Å². The van der Waals surface area contributed by atoms with Crippen molar-refractivity contribution in [1.29, 1.82) is 0 Å². The van der Waals surface area contributed by atoms with Gasteiger partial charge in [-0.05, 0) is 31.0 Å². The van der Waals surface area contributed by atoms with E-state index in [4.69, 9.17) is 0 Å². The average molecular weight is 340 g/mol. The number of hydrogen-bond donors (Lipinski definition) is 1. The molecule has 5 heteroatoms. The number of nitrogens with one attached hydrogen (secondary N) is 1. The molecule has 108 valence electrons. The molecule has 1 aromatic carbocycles. The van der Waals surface area contributed by atoms with Crippen LogP contribution in [0.3, 0.4) is 0 Å². The van der Waals surface area contributed by atoms with E-state index in [1.807, 2.05) is 17.9 Å². The van der Waals surface area contributed by atoms with Crippen LogP contribution in [-0.4, -0.2) is 9.78 Å². The predicted octanol–water partition coefficient (Wildman–Crippen LogP) is 3.73. The van der Waals surface area contributed by atoms with E-state index >= 15 is 0 Å². The summed E-state index contributed by atoms with van der Waals surface area (Å²) in [5, 5.41) is 7.88. The number of nitrogens with zero attached hydrogens (tertiary/aromatic N) is 2. The van der Waals surface area contributed by atoms with Gasteiger partial charge >= 0.3 is 0 Å². The molecule has 0 radical (unpaired) electrons. The third kappa shape index (κ3) is 3.46. The third-order valence-electron chi connectivity index (χ3n) is 3.35. The van der Waals surface area contributed by atoms with Crippen molar-refractivity contribution in [3.63, 3.8) is 0 Å². The topological polar surface area (TPSA) is 29.9 Å². The summed E-state index contributed by atoms with van der Waals surface area (Å²) in [4.78, 5) is 0. The predicted molar refractivity (Wildman–Crippen MR) is 81.9 cm³/mol. The molecule has 0 amide bonds. The zero-order valence-electron chi connectivity index (χ0n) is 12.0. The van der Waals surface area contributed by atoms with Gasteiger partial charge in [-0.15, -0.1) is 0 Å². The lowest BCUT2D eigenvalue weighted by Crippen LogP contribution is -2.19. The lowest BCUT2D eigenvalue weighted by atomic mass is 10.1. The molecule has 0 bridgehead atoms. The minimum atomic E-state index is -0.228. The van der Waals surface area contributed by atoms with Gasteiger partial charge in [-0.25, -0.2) is 4.39 Å². The van der Waals surface area contributed by atoms with E-state index in [9.17, 15) is 4.39 Å². The maximum atomic E-state index is 13.1. The molecule has 20 heavy (non-hydrogen) atoms. The van der Waals surface area contributed by atoms with E-state index in [1.165, 1.54) is 17.7 Å². The second kappa shape index (κ2) is 6.50. The van der Waals surface area contributed by atoms with Gasteiger partial charge in [0.2, 0.25) is 0 Å². The Morgan fingerprint density at radius 1 is 1.45 bits per heavy atom. The Kier molecular flexibility index (Phi) is 4.94. The normalized spacial score (nSPS) is 12.7. The van der Waals surface area contributed by atoms with Crippen LogP contribution in [0.5, 0.6) is 0 Å². The van der Waals surface area contributed by atoms with Crippen LogP contribution in [0.4, 0.5) is 4.39 Å². The standard InChI is InChI=1S/C15H19BrFN3/c1-4-15-11(9-20(3)19-15)8-18-10(2)13-6-5-12(17)7-14(13)16/h5-7,9-10,18H,4,8H2,1-3H3. The summed E-state index contributed by atoms with van der Waals surface area (Å²) < 4.78 is 15.7. The van der Waals surface area contributed by atoms with Crippen molar-refractivity contribution in [3.05, 3.63) is 51.5 Å². The molecular formula is C15H19BrFN3. The van der Waals surface area contributed by atoms with Crippen LogP contribution in [0.1, 0.15) is 36.7 Å². The maximum absolute atomic E-state index is 13.1. The fourth-order valence-corrected chi connectivity index (χ4v) is 2.95. The molecule has 2 rings (SSSR count). The van der Waals surface area contributed by atoms with Crippen LogP contribution in [0.25, 0.3) is 0 Å². The first-order valence-corrected chi connectivity index (χ1v) is 7.50. The number of rotatable bonds is 5. The summed E-state index contributed by atoms with van der Waals surface area (Å²) in [5.74, 6) is -0.228. The highest BCUT2D eigenvalue weighted by Crippen LogP contribution is 2.24. The van der Waals surface area contributed by atoms with E-state index < -0.39 is 0 Å². The van der Waals surface area contributed by atoms with Gasteiger partial charge in [0.15, 0.2) is 0 Å². The zero-order valence-corrected chi connectivity index (χ0v) is 13.5. The third-order valence-corrected chi connectivity index (χ3v) is 4.04. The summed E-state index contributed by atoms with van der Waals surface area (Å²) in [7, 11) is 1.93. The van der Waals surface area contributed by atoms with Crippen LogP contribution < -0.4 is 5.32 Å². The number of hydrogen-bond acceptors (Lipinski definition) is 2. The second-order valence-corrected chi connectivity index (χ2v) is 5.75. The number of halogens is 2. The molecule has 0 aliphatic carbocycles. The lowest BCUT2D eigenvalue weighted by Gasteiger charge is -2.15. The SMILES string of the molecule is CCc1nn(C)cc1CNC(C)c1ccc(F)cc1Br. The fraction of sp³-hybridized carbons (Fsp3) is 0.400. The van der Waals surface area contributed by atoms with E-state index in [-0.39, 0.29) is 11.9 Å². The first-order valence-electron chi connectivity index (χ1n) is 6.71. The molecule has 0 saturated heterocycles. The lowest BCUT2D eigenvalue weighted by molar-refractivity contribution is 0.566. The largest absolute Gasteiger partial charge is 0.306 e. The van der Waals surface area contributed by atoms with E-state index in [1.54, 1.807) is 6.07 Å². The van der Waals surface area contributed by atoms with Gasteiger partial charge in [-0.3, -0.25) is 4.68 Å². The molecule has 0 fully saturated rings. The van der Waals surface area contributed by atoms with Gasteiger partial charge in [-0.2, -0.15) is 5.10 Å². The van der Waals surface area contributed by atoms with Crippen molar-refractivity contribution >= 4 is 15.9 Å². The van der Waals surface area contributed by atoms with Crippen LogP contribution >= 0.6 is 15.9 Å². The Hall–Kier alpha value is -1.20. The van der Waals surface area contributed by atoms with Crippen molar-refractivity contribution in [1.82, 2.24) is 15.1 Å². The molecule has 0 aliphatic rings. The Labute approximate surface area is 127 Å². The van der Waals surface area contributed by atoms with Gasteiger partial charge in [0.05, 0.1) is 5.69 Å². The summed E-state index contributed by atoms with van der Waals surface area (Å²) >= 11 is 3.41. The van der Waals surface area contributed by atoms with Gasteiger partial charge in [0, 0.05) is 35.9 Å². The first-order chi connectivity index (χ1) is 9.51. The van der Waals surface area contributed by atoms with E-state index in [0.29, 0.717) is 0 Å². The molecule has 1 aromatic heterocycles. The molecule has 1 unspecified atom stereocenters. The number of aryl methyl sites for hydroxylation is 2. The highest BCUT2D eigenvalue weighted by molar-refractivity contribution is 9.10. The smallest absolute Gasteiger partial charge is 0.124 e. The summed E-state index contributed by atoms with van der Waals surface area (Å²) in [6.07, 6.45) is 2.96. The summed E-state index contributed by atoms with van der Waals surface area (Å²) in [5.41, 5.74) is 3.37. The molecule has 1 N–H and O–H groups in total. The minimum absolute atomic E-state index is 0.134. The first kappa shape index (κ1) is 15.2. The van der Waals surface area contributed by atoms with Crippen LogP contribution in [0.15, 0.2) is 28.9 Å². The van der Waals surface area contributed by atoms with Gasteiger partial charge < -0.3 is 5.32 Å². The molecule has 1 heterocycles. The highest BCUT2D eigenvalue weighted by atomic mass is 79.9. The molecular weight excluding hydrogens is 321 g/mol. The van der Waals surface area contributed by atoms with E-state index in [0.717, 1.165) is 28.7 Å². The summed E-state index contributed by atoms with van der Waals surface area (Å²) in [6, 6.07) is 4.92. The van der Waals surface area contributed by atoms with Gasteiger partial charge in [0.1, 0.15) is 5.82 Å². The van der Waals surface area contributed by atoms with Crippen molar-refractivity contribution in [3.8, 4) is 0 Å². The Balaban J connectivity index is 2.06. The zero-order chi connectivity index (χ0) is 14.7. The molecule has 3 nitrogen and oxygen atoms in total. The second-order valence-electron chi connectivity index (χ2n) is 4.90. The molecule has 2 aromatic rings. The Morgan fingerprint density at radius 2 is 2.20 bits per heavy atom. The Morgan fingerprint density at radius 3 is 2.85 bits per heavy atom. The monoisotopic (exact) mass is 339 g/mol. The molecule has 0 aliphatic heterocycles. The van der Waals surface area contributed by atoms with Gasteiger partial charge in [0.25, 0.3) is 0 Å². The maximum Gasteiger partial charge on any atom is 0.124 e. The molecule has 0 saturated carbocycles. The minimum Gasteiger partial charge on any atom is -0.306 e. The van der Waals surface area contributed by atoms with Crippen molar-refractivity contribution in [2.75, 3.05) is 0 Å². The Bertz CT molecular complexity index is 595. The van der Waals surface area contributed by atoms with Crippen LogP contribution in [-0.2, 0) is 20.0 Å². The number of aromatic nitrogens is 2. The highest BCUT2D eigenvalue weighted by Gasteiger charge is 2.12. The fourth-order valence-electron chi connectivity index (χ4n) is 2.25. The average Bonchev–Trinajstić information content (AvgIpc) is 2.76. The van der Waals surface area contributed by atoms with Gasteiger partial charge in [-0.1, -0.05) is 28.9 Å². The quantitative estimate of drug-likeness (QED) is 0.899. The van der Waals surface area contributed by atoms with Crippen LogP contribution in [0.2, 0.25) is 0 Å². The molecule has 1 atom stereocenters.